The summed E-state index contributed by atoms with van der Waals surface area (Å²) in [6, 6.07) is 15.6. The number of benzene rings is 2. The molecule has 2 aromatic rings. The molecule has 3 rings (SSSR count). The van der Waals surface area contributed by atoms with Crippen LogP contribution in [0, 0.1) is 17.8 Å². The second-order valence-corrected chi connectivity index (χ2v) is 7.90. The van der Waals surface area contributed by atoms with Crippen molar-refractivity contribution >= 4 is 18.0 Å². The van der Waals surface area contributed by atoms with Crippen LogP contribution in [-0.2, 0) is 14.3 Å². The lowest BCUT2D eigenvalue weighted by atomic mass is 9.98. The Morgan fingerprint density at radius 2 is 1.62 bits per heavy atom. The van der Waals surface area contributed by atoms with Gasteiger partial charge in [-0.2, -0.15) is 0 Å². The summed E-state index contributed by atoms with van der Waals surface area (Å²) in [4.78, 5) is 34.9. The molecule has 2 aromatic carbocycles. The van der Waals surface area contributed by atoms with Crippen LogP contribution >= 0.6 is 0 Å². The van der Waals surface area contributed by atoms with Gasteiger partial charge in [-0.3, -0.25) is 9.59 Å². The highest BCUT2D eigenvalue weighted by Gasteiger charge is 2.28. The second-order valence-electron chi connectivity index (χ2n) is 7.90. The van der Waals surface area contributed by atoms with Crippen molar-refractivity contribution < 1.29 is 24.2 Å². The minimum absolute atomic E-state index is 0.0350. The summed E-state index contributed by atoms with van der Waals surface area (Å²) in [5, 5.41) is 14.0. The Labute approximate surface area is 187 Å². The summed E-state index contributed by atoms with van der Waals surface area (Å²) in [5.41, 5.74) is 4.55. The van der Waals surface area contributed by atoms with Crippen molar-refractivity contribution in [2.24, 2.45) is 5.92 Å². The third kappa shape index (κ3) is 5.67. The van der Waals surface area contributed by atoms with Crippen LogP contribution in [0.2, 0.25) is 0 Å². The molecule has 0 aliphatic heterocycles. The molecule has 2 amide bonds. The number of carboxylic acid groups (broad SMARTS) is 1. The second kappa shape index (κ2) is 10.5. The molecule has 0 aromatic heterocycles. The van der Waals surface area contributed by atoms with Crippen LogP contribution in [0.1, 0.15) is 37.3 Å². The molecule has 1 aliphatic carbocycles. The monoisotopic (exact) mass is 434 g/mol. The molecule has 7 nitrogen and oxygen atoms in total. The van der Waals surface area contributed by atoms with Crippen molar-refractivity contribution in [1.29, 1.82) is 0 Å². The van der Waals surface area contributed by atoms with Crippen molar-refractivity contribution in [2.75, 3.05) is 13.2 Å². The van der Waals surface area contributed by atoms with Gasteiger partial charge in [-0.25, -0.2) is 4.79 Å². The molecule has 0 bridgehead atoms. The largest absolute Gasteiger partial charge is 0.481 e. The number of nitrogens with one attached hydrogen (secondary N) is 2. The smallest absolute Gasteiger partial charge is 0.407 e. The average Bonchev–Trinajstić information content (AvgIpc) is 3.08. The number of fused-ring (bicyclic) bond motifs is 3. The first-order chi connectivity index (χ1) is 15.4. The first-order valence-electron chi connectivity index (χ1n) is 10.5. The van der Waals surface area contributed by atoms with Crippen molar-refractivity contribution in [1.82, 2.24) is 10.6 Å². The first-order valence-corrected chi connectivity index (χ1v) is 10.5. The fraction of sp³-hybridized carbons (Fsp3) is 0.320. The number of carbonyl (C=O) groups excluding carboxylic acids is 2. The van der Waals surface area contributed by atoms with E-state index < -0.39 is 24.0 Å². The van der Waals surface area contributed by atoms with E-state index in [4.69, 9.17) is 9.84 Å². The van der Waals surface area contributed by atoms with Gasteiger partial charge in [0.25, 0.3) is 5.91 Å². The van der Waals surface area contributed by atoms with Crippen LogP contribution in [0.4, 0.5) is 4.79 Å². The molecule has 7 heteroatoms. The van der Waals surface area contributed by atoms with E-state index in [-0.39, 0.29) is 31.4 Å². The molecule has 0 radical (unpaired) electrons. The van der Waals surface area contributed by atoms with Gasteiger partial charge in [0.1, 0.15) is 6.61 Å². The lowest BCUT2D eigenvalue weighted by Gasteiger charge is -2.18. The average molecular weight is 434 g/mol. The zero-order valence-corrected chi connectivity index (χ0v) is 18.1. The van der Waals surface area contributed by atoms with Crippen LogP contribution in [0.15, 0.2) is 48.5 Å². The van der Waals surface area contributed by atoms with Crippen molar-refractivity contribution in [3.05, 3.63) is 59.7 Å². The standard InChI is InChI=1S/C25H26N2O5/c1-16(2)22(14-24(29)30)27-23(28)12-7-13-26-25(31)32-15-21-19-10-5-3-8-17(19)18-9-4-6-11-20(18)21/h3-6,8-11,16,21-22H,13-15H2,1-2H3,(H,26,31)(H,27,28)(H,29,30)/t22-/m1/s1. The van der Waals surface area contributed by atoms with Gasteiger partial charge in [-0.05, 0) is 34.1 Å². The Kier molecular flexibility index (Phi) is 7.50. The molecule has 0 fully saturated rings. The summed E-state index contributed by atoms with van der Waals surface area (Å²) < 4.78 is 5.40. The van der Waals surface area contributed by atoms with Crippen LogP contribution in [0.25, 0.3) is 11.1 Å². The van der Waals surface area contributed by atoms with Crippen LogP contribution in [0.3, 0.4) is 0 Å². The molecular formula is C25H26N2O5. The Bertz CT molecular complexity index is 1020. The van der Waals surface area contributed by atoms with Crippen LogP contribution < -0.4 is 10.6 Å². The third-order valence-electron chi connectivity index (χ3n) is 5.38. The van der Waals surface area contributed by atoms with Gasteiger partial charge < -0.3 is 20.5 Å². The fourth-order valence-corrected chi connectivity index (χ4v) is 3.74. The number of amides is 2. The van der Waals surface area contributed by atoms with Gasteiger partial charge >= 0.3 is 12.1 Å². The van der Waals surface area contributed by atoms with Crippen LogP contribution in [0.5, 0.6) is 0 Å². The zero-order chi connectivity index (χ0) is 23.1. The zero-order valence-electron chi connectivity index (χ0n) is 18.1. The molecule has 1 aliphatic rings. The number of carboxylic acids is 1. The van der Waals surface area contributed by atoms with E-state index in [1.807, 2.05) is 50.2 Å². The van der Waals surface area contributed by atoms with E-state index in [0.717, 1.165) is 22.3 Å². The highest BCUT2D eigenvalue weighted by molar-refractivity contribution is 5.94. The maximum absolute atomic E-state index is 12.1. The number of hydrogen-bond acceptors (Lipinski definition) is 4. The quantitative estimate of drug-likeness (QED) is 0.581. The highest BCUT2D eigenvalue weighted by atomic mass is 16.5. The molecule has 3 N–H and O–H groups in total. The number of ether oxygens (including phenoxy) is 1. The lowest BCUT2D eigenvalue weighted by molar-refractivity contribution is -0.138. The van der Waals surface area contributed by atoms with Crippen molar-refractivity contribution in [3.63, 3.8) is 0 Å². The summed E-state index contributed by atoms with van der Waals surface area (Å²) in [5.74, 6) is 3.25. The van der Waals surface area contributed by atoms with Crippen molar-refractivity contribution in [2.45, 2.75) is 32.2 Å². The van der Waals surface area contributed by atoms with E-state index in [0.29, 0.717) is 0 Å². The Morgan fingerprint density at radius 3 is 2.19 bits per heavy atom. The summed E-state index contributed by atoms with van der Waals surface area (Å²) >= 11 is 0. The normalized spacial score (nSPS) is 12.7. The van der Waals surface area contributed by atoms with Gasteiger partial charge in [0.15, 0.2) is 0 Å². The van der Waals surface area contributed by atoms with E-state index >= 15 is 0 Å². The van der Waals surface area contributed by atoms with Gasteiger partial charge in [0.2, 0.25) is 0 Å². The number of aliphatic carboxylic acids is 1. The van der Waals surface area contributed by atoms with E-state index in [2.05, 4.69) is 34.6 Å². The van der Waals surface area contributed by atoms with E-state index in [1.54, 1.807) is 0 Å². The fourth-order valence-electron chi connectivity index (χ4n) is 3.74. The van der Waals surface area contributed by atoms with Crippen LogP contribution in [-0.4, -0.2) is 42.3 Å². The molecule has 0 saturated carbocycles. The van der Waals surface area contributed by atoms with Gasteiger partial charge in [0, 0.05) is 12.0 Å². The molecule has 0 saturated heterocycles. The minimum atomic E-state index is -0.992. The Balaban J connectivity index is 1.49. The summed E-state index contributed by atoms with van der Waals surface area (Å²) in [7, 11) is 0. The summed E-state index contributed by atoms with van der Waals surface area (Å²) in [6.07, 6.45) is -0.796. The lowest BCUT2D eigenvalue weighted by Crippen LogP contribution is -2.39. The molecule has 1 atom stereocenters. The SMILES string of the molecule is CC(C)[C@@H](CC(=O)O)NC(=O)C#CCNC(=O)OCC1c2ccccc2-c2ccccc21. The molecule has 166 valence electrons. The molecule has 0 spiro atoms. The number of alkyl carbamates (subject to hydrolysis) is 1. The highest BCUT2D eigenvalue weighted by Crippen LogP contribution is 2.44. The Hall–Kier alpha value is -3.79. The molecule has 0 unspecified atom stereocenters. The van der Waals surface area contributed by atoms with Crippen molar-refractivity contribution in [3.8, 4) is 23.0 Å². The Morgan fingerprint density at radius 1 is 1.03 bits per heavy atom. The predicted molar refractivity (Wildman–Crippen MR) is 120 cm³/mol. The van der Waals surface area contributed by atoms with E-state index in [1.165, 1.54) is 0 Å². The van der Waals surface area contributed by atoms with Gasteiger partial charge in [0.05, 0.1) is 13.0 Å². The third-order valence-corrected chi connectivity index (χ3v) is 5.38. The van der Waals surface area contributed by atoms with Gasteiger partial charge in [-0.15, -0.1) is 0 Å². The number of carbonyl (C=O) groups is 3. The number of rotatable bonds is 7. The number of hydrogen-bond donors (Lipinski definition) is 3. The minimum Gasteiger partial charge on any atom is -0.481 e. The topological polar surface area (TPSA) is 105 Å². The molecular weight excluding hydrogens is 408 g/mol. The maximum atomic E-state index is 12.1. The summed E-state index contributed by atoms with van der Waals surface area (Å²) in [6.45, 7) is 3.77. The predicted octanol–water partition coefficient (Wildman–Crippen LogP) is 3.14. The van der Waals surface area contributed by atoms with Gasteiger partial charge in [-0.1, -0.05) is 68.3 Å². The molecule has 0 heterocycles. The first kappa shape index (κ1) is 22.9. The molecule has 32 heavy (non-hydrogen) atoms. The van der Waals surface area contributed by atoms with E-state index in [9.17, 15) is 14.4 Å². The maximum Gasteiger partial charge on any atom is 0.407 e.